The smallest absolute Gasteiger partial charge is 0.251 e. The van der Waals surface area contributed by atoms with Crippen molar-refractivity contribution >= 4 is 17.5 Å². The van der Waals surface area contributed by atoms with Crippen LogP contribution in [-0.2, 0) is 4.79 Å². The van der Waals surface area contributed by atoms with E-state index in [0.717, 1.165) is 31.9 Å². The highest BCUT2D eigenvalue weighted by Gasteiger charge is 2.22. The van der Waals surface area contributed by atoms with Crippen LogP contribution in [0.2, 0.25) is 0 Å². The topological polar surface area (TPSA) is 88.5 Å². The Balaban J connectivity index is 2.00. The maximum Gasteiger partial charge on any atom is 0.251 e. The molecule has 1 saturated heterocycles. The van der Waals surface area contributed by atoms with Crippen molar-refractivity contribution in [1.82, 2.24) is 15.5 Å². The van der Waals surface area contributed by atoms with Gasteiger partial charge >= 0.3 is 0 Å². The van der Waals surface area contributed by atoms with E-state index in [4.69, 9.17) is 5.26 Å². The molecule has 0 radical (unpaired) electrons. The van der Waals surface area contributed by atoms with E-state index in [-0.39, 0.29) is 24.3 Å². The third-order valence-corrected chi connectivity index (χ3v) is 4.67. The number of nitriles is 1. The molecule has 1 aliphatic rings. The molecular formula is C20H29N5O2. The average molecular weight is 371 g/mol. The van der Waals surface area contributed by atoms with Crippen LogP contribution in [0.4, 0.5) is 5.69 Å². The molecule has 7 nitrogen and oxygen atoms in total. The predicted molar refractivity (Wildman–Crippen MR) is 105 cm³/mol. The van der Waals surface area contributed by atoms with Gasteiger partial charge in [-0.15, -0.1) is 0 Å². The van der Waals surface area contributed by atoms with Crippen molar-refractivity contribution in [2.24, 2.45) is 5.92 Å². The van der Waals surface area contributed by atoms with Crippen molar-refractivity contribution in [2.45, 2.75) is 26.3 Å². The Morgan fingerprint density at radius 1 is 1.15 bits per heavy atom. The third-order valence-electron chi connectivity index (χ3n) is 4.67. The summed E-state index contributed by atoms with van der Waals surface area (Å²) in [5.74, 6) is -0.368. The number of benzene rings is 1. The number of nitrogens with zero attached hydrogens (tertiary/aromatic N) is 3. The monoisotopic (exact) mass is 371 g/mol. The minimum Gasteiger partial charge on any atom is -0.369 e. The van der Waals surface area contributed by atoms with Crippen LogP contribution in [-0.4, -0.2) is 62.5 Å². The highest BCUT2D eigenvalue weighted by Crippen LogP contribution is 2.17. The molecule has 0 bridgehead atoms. The van der Waals surface area contributed by atoms with Gasteiger partial charge in [-0.05, 0) is 43.7 Å². The molecule has 146 valence electrons. The fourth-order valence-electron chi connectivity index (χ4n) is 3.08. The van der Waals surface area contributed by atoms with E-state index in [1.54, 1.807) is 12.1 Å². The number of likely N-dealkylation sites (N-methyl/N-ethyl adjacent to an activating group) is 1. The van der Waals surface area contributed by atoms with E-state index in [1.807, 2.05) is 32.0 Å². The lowest BCUT2D eigenvalue weighted by atomic mass is 10.0. The SMILES string of the molecule is CC(C)CC(NC(=O)c1ccc(N2CCN(C)CC2)cc1)C(=O)NCC#N. The minimum atomic E-state index is -0.650. The number of hydrogen-bond acceptors (Lipinski definition) is 5. The first kappa shape index (κ1) is 20.7. The summed E-state index contributed by atoms with van der Waals surface area (Å²) < 4.78 is 0. The Labute approximate surface area is 161 Å². The molecule has 2 rings (SSSR count). The molecule has 2 amide bonds. The second-order valence-corrected chi connectivity index (χ2v) is 7.37. The zero-order chi connectivity index (χ0) is 19.8. The van der Waals surface area contributed by atoms with Gasteiger partial charge in [0.05, 0.1) is 6.07 Å². The molecule has 2 N–H and O–H groups in total. The van der Waals surface area contributed by atoms with E-state index in [2.05, 4.69) is 27.5 Å². The summed E-state index contributed by atoms with van der Waals surface area (Å²) in [4.78, 5) is 29.4. The summed E-state index contributed by atoms with van der Waals surface area (Å²) in [6, 6.07) is 8.72. The van der Waals surface area contributed by atoms with E-state index in [9.17, 15) is 9.59 Å². The van der Waals surface area contributed by atoms with Crippen molar-refractivity contribution in [1.29, 1.82) is 5.26 Å². The number of nitrogens with one attached hydrogen (secondary N) is 2. The Morgan fingerprint density at radius 2 is 1.78 bits per heavy atom. The van der Waals surface area contributed by atoms with Crippen molar-refractivity contribution in [3.05, 3.63) is 29.8 Å². The molecule has 1 aliphatic heterocycles. The summed E-state index contributed by atoms with van der Waals surface area (Å²) >= 11 is 0. The fraction of sp³-hybridized carbons (Fsp3) is 0.550. The lowest BCUT2D eigenvalue weighted by molar-refractivity contribution is -0.123. The Hall–Kier alpha value is -2.59. The highest BCUT2D eigenvalue weighted by molar-refractivity contribution is 5.97. The van der Waals surface area contributed by atoms with Crippen molar-refractivity contribution in [3.63, 3.8) is 0 Å². The van der Waals surface area contributed by atoms with Crippen LogP contribution in [0.25, 0.3) is 0 Å². The van der Waals surface area contributed by atoms with Gasteiger partial charge in [0.15, 0.2) is 0 Å². The van der Waals surface area contributed by atoms with Crippen LogP contribution in [0.1, 0.15) is 30.6 Å². The zero-order valence-corrected chi connectivity index (χ0v) is 16.4. The molecule has 27 heavy (non-hydrogen) atoms. The van der Waals surface area contributed by atoms with E-state index in [1.165, 1.54) is 0 Å². The molecule has 1 fully saturated rings. The molecule has 1 atom stereocenters. The average Bonchev–Trinajstić information content (AvgIpc) is 2.66. The van der Waals surface area contributed by atoms with Crippen molar-refractivity contribution in [2.75, 3.05) is 44.7 Å². The normalized spacial score (nSPS) is 15.9. The number of carbonyl (C=O) groups is 2. The number of amides is 2. The van der Waals surface area contributed by atoms with E-state index >= 15 is 0 Å². The van der Waals surface area contributed by atoms with E-state index in [0.29, 0.717) is 12.0 Å². The fourth-order valence-corrected chi connectivity index (χ4v) is 3.08. The van der Waals surface area contributed by atoms with Crippen LogP contribution >= 0.6 is 0 Å². The maximum atomic E-state index is 12.6. The second kappa shape index (κ2) is 9.93. The molecule has 1 aromatic rings. The number of rotatable bonds is 7. The predicted octanol–water partition coefficient (Wildman–Crippen LogP) is 1.22. The van der Waals surface area contributed by atoms with Gasteiger partial charge in [-0.25, -0.2) is 0 Å². The van der Waals surface area contributed by atoms with Crippen LogP contribution < -0.4 is 15.5 Å². The molecule has 1 heterocycles. The van der Waals surface area contributed by atoms with Crippen molar-refractivity contribution in [3.8, 4) is 6.07 Å². The standard InChI is InChI=1S/C20H29N5O2/c1-15(2)14-18(20(27)22-9-8-21)23-19(26)16-4-6-17(7-5-16)25-12-10-24(3)11-13-25/h4-7,15,18H,9-14H2,1-3H3,(H,22,27)(H,23,26). The molecule has 0 aliphatic carbocycles. The molecule has 0 saturated carbocycles. The van der Waals surface area contributed by atoms with Gasteiger partial charge in [0, 0.05) is 37.4 Å². The summed E-state index contributed by atoms with van der Waals surface area (Å²) in [5, 5.41) is 14.0. The first-order valence-electron chi connectivity index (χ1n) is 9.39. The lowest BCUT2D eigenvalue weighted by Crippen LogP contribution is -2.47. The van der Waals surface area contributed by atoms with Crippen LogP contribution in [0.15, 0.2) is 24.3 Å². The lowest BCUT2D eigenvalue weighted by Gasteiger charge is -2.34. The summed E-state index contributed by atoms with van der Waals surface area (Å²) in [6.07, 6.45) is 0.516. The Bertz CT molecular complexity index is 673. The molecule has 0 aromatic heterocycles. The summed E-state index contributed by atoms with van der Waals surface area (Å²) in [6.45, 7) is 7.90. The van der Waals surface area contributed by atoms with Crippen LogP contribution in [0.3, 0.4) is 0 Å². The molecule has 1 unspecified atom stereocenters. The summed E-state index contributed by atoms with van der Waals surface area (Å²) in [5.41, 5.74) is 1.62. The first-order chi connectivity index (χ1) is 12.9. The molecular weight excluding hydrogens is 342 g/mol. The number of carbonyl (C=O) groups excluding carboxylic acids is 2. The summed E-state index contributed by atoms with van der Waals surface area (Å²) in [7, 11) is 2.12. The van der Waals surface area contributed by atoms with Gasteiger partial charge in [0.25, 0.3) is 5.91 Å². The largest absolute Gasteiger partial charge is 0.369 e. The van der Waals surface area contributed by atoms with Crippen LogP contribution in [0, 0.1) is 17.2 Å². The number of piperazine rings is 1. The molecule has 0 spiro atoms. The molecule has 1 aromatic carbocycles. The van der Waals surface area contributed by atoms with Gasteiger partial charge in [0.1, 0.15) is 12.6 Å². The maximum absolute atomic E-state index is 12.6. The zero-order valence-electron chi connectivity index (χ0n) is 16.4. The molecule has 7 heteroatoms. The van der Waals surface area contributed by atoms with Gasteiger partial charge < -0.3 is 20.4 Å². The number of anilines is 1. The third kappa shape index (κ3) is 6.26. The van der Waals surface area contributed by atoms with Gasteiger partial charge in [-0.2, -0.15) is 5.26 Å². The highest BCUT2D eigenvalue weighted by atomic mass is 16.2. The Morgan fingerprint density at radius 3 is 2.33 bits per heavy atom. The van der Waals surface area contributed by atoms with E-state index < -0.39 is 6.04 Å². The van der Waals surface area contributed by atoms with Crippen LogP contribution in [0.5, 0.6) is 0 Å². The van der Waals surface area contributed by atoms with Gasteiger partial charge in [-0.1, -0.05) is 13.8 Å². The second-order valence-electron chi connectivity index (χ2n) is 7.37. The minimum absolute atomic E-state index is 0.0664. The first-order valence-corrected chi connectivity index (χ1v) is 9.39. The number of hydrogen-bond donors (Lipinski definition) is 2. The Kier molecular flexibility index (Phi) is 7.62. The quantitative estimate of drug-likeness (QED) is 0.704. The van der Waals surface area contributed by atoms with Gasteiger partial charge in [0.2, 0.25) is 5.91 Å². The van der Waals surface area contributed by atoms with Gasteiger partial charge in [-0.3, -0.25) is 9.59 Å². The van der Waals surface area contributed by atoms with Crippen molar-refractivity contribution < 1.29 is 9.59 Å².